The fraction of sp³-hybridized carbons (Fsp3) is 0.300. The third kappa shape index (κ3) is 2.92. The Morgan fingerprint density at radius 1 is 1.67 bits per heavy atom. The highest BCUT2D eigenvalue weighted by Gasteiger charge is 2.18. The maximum atomic E-state index is 12.9. The summed E-state index contributed by atoms with van der Waals surface area (Å²) in [6.07, 6.45) is 0. The van der Waals surface area contributed by atoms with Crippen LogP contribution in [0.4, 0.5) is 10.1 Å². The predicted octanol–water partition coefficient (Wildman–Crippen LogP) is 2.41. The van der Waals surface area contributed by atoms with E-state index in [9.17, 15) is 9.18 Å². The predicted molar refractivity (Wildman–Crippen MR) is 59.1 cm³/mol. The lowest BCUT2D eigenvalue weighted by molar-refractivity contribution is -0.142. The van der Waals surface area contributed by atoms with Gasteiger partial charge in [-0.15, -0.1) is 0 Å². The maximum absolute atomic E-state index is 12.9. The van der Waals surface area contributed by atoms with E-state index in [0.717, 1.165) is 0 Å². The molecule has 3 nitrogen and oxygen atoms in total. The Morgan fingerprint density at radius 2 is 2.33 bits per heavy atom. The molecule has 0 aliphatic rings. The van der Waals surface area contributed by atoms with Crippen molar-refractivity contribution in [1.29, 1.82) is 0 Å². The van der Waals surface area contributed by atoms with Gasteiger partial charge < -0.3 is 10.5 Å². The van der Waals surface area contributed by atoms with Crippen molar-refractivity contribution in [3.05, 3.63) is 29.6 Å². The summed E-state index contributed by atoms with van der Waals surface area (Å²) >= 11 is 3.16. The van der Waals surface area contributed by atoms with Gasteiger partial charge in [-0.25, -0.2) is 4.39 Å². The van der Waals surface area contributed by atoms with Crippen molar-refractivity contribution in [2.75, 3.05) is 12.3 Å². The number of benzene rings is 1. The first kappa shape index (κ1) is 12.0. The molecule has 0 bridgehead atoms. The van der Waals surface area contributed by atoms with Gasteiger partial charge in [-0.1, -0.05) is 22.0 Å². The largest absolute Gasteiger partial charge is 0.465 e. The zero-order chi connectivity index (χ0) is 11.4. The van der Waals surface area contributed by atoms with E-state index in [1.807, 2.05) is 0 Å². The molecule has 5 heteroatoms. The van der Waals surface area contributed by atoms with Crippen molar-refractivity contribution in [1.82, 2.24) is 0 Å². The van der Waals surface area contributed by atoms with Crippen LogP contribution in [0.3, 0.4) is 0 Å². The minimum Gasteiger partial charge on any atom is -0.465 e. The van der Waals surface area contributed by atoms with Crippen LogP contribution >= 0.6 is 15.9 Å². The Morgan fingerprint density at radius 3 is 2.87 bits per heavy atom. The lowest BCUT2D eigenvalue weighted by Gasteiger charge is -2.09. The van der Waals surface area contributed by atoms with Crippen LogP contribution in [-0.2, 0) is 9.53 Å². The van der Waals surface area contributed by atoms with Crippen molar-refractivity contribution in [2.24, 2.45) is 0 Å². The number of hydrogen-bond acceptors (Lipinski definition) is 3. The van der Waals surface area contributed by atoms with Crippen molar-refractivity contribution < 1.29 is 13.9 Å². The molecule has 1 aromatic rings. The third-order valence-corrected chi connectivity index (χ3v) is 2.71. The number of alkyl halides is 1. The van der Waals surface area contributed by atoms with Crippen LogP contribution in [0, 0.1) is 5.82 Å². The highest BCUT2D eigenvalue weighted by molar-refractivity contribution is 9.09. The second-order valence-electron chi connectivity index (χ2n) is 2.90. The SMILES string of the molecule is CCOC(=O)C(Br)c1ccc(F)c(N)c1. The molecule has 0 amide bonds. The van der Waals surface area contributed by atoms with E-state index in [1.165, 1.54) is 18.2 Å². The Hall–Kier alpha value is -1.10. The first-order valence-corrected chi connectivity index (χ1v) is 5.33. The van der Waals surface area contributed by atoms with Crippen LogP contribution in [0.1, 0.15) is 17.3 Å². The highest BCUT2D eigenvalue weighted by atomic mass is 79.9. The lowest BCUT2D eigenvalue weighted by Crippen LogP contribution is -2.11. The molecule has 2 N–H and O–H groups in total. The number of nitrogens with two attached hydrogens (primary N) is 1. The number of nitrogen functional groups attached to an aromatic ring is 1. The Labute approximate surface area is 95.5 Å². The van der Waals surface area contributed by atoms with Crippen molar-refractivity contribution in [2.45, 2.75) is 11.8 Å². The Bertz CT molecular complexity index is 370. The molecule has 0 aliphatic carbocycles. The Balaban J connectivity index is 2.86. The van der Waals surface area contributed by atoms with E-state index in [1.54, 1.807) is 6.92 Å². The number of esters is 1. The second kappa shape index (κ2) is 5.11. The summed E-state index contributed by atoms with van der Waals surface area (Å²) in [4.78, 5) is 10.7. The fourth-order valence-corrected chi connectivity index (χ4v) is 1.49. The summed E-state index contributed by atoms with van der Waals surface area (Å²) in [6, 6.07) is 4.12. The molecule has 0 radical (unpaired) electrons. The molecule has 82 valence electrons. The normalized spacial score (nSPS) is 12.2. The number of rotatable bonds is 3. The van der Waals surface area contributed by atoms with Crippen LogP contribution in [0.2, 0.25) is 0 Å². The van der Waals surface area contributed by atoms with Gasteiger partial charge >= 0.3 is 5.97 Å². The number of ether oxygens (including phenoxy) is 1. The molecule has 1 atom stereocenters. The summed E-state index contributed by atoms with van der Waals surface area (Å²) in [6.45, 7) is 2.02. The summed E-state index contributed by atoms with van der Waals surface area (Å²) in [5.41, 5.74) is 5.98. The molecule has 0 saturated heterocycles. The van der Waals surface area contributed by atoms with Crippen molar-refractivity contribution in [3.8, 4) is 0 Å². The number of carbonyl (C=O) groups excluding carboxylic acids is 1. The standard InChI is InChI=1S/C10H11BrFNO2/c1-2-15-10(14)9(11)6-3-4-7(12)8(13)5-6/h3-5,9H,2,13H2,1H3. The van der Waals surface area contributed by atoms with Crippen LogP contribution in [0.15, 0.2) is 18.2 Å². The zero-order valence-electron chi connectivity index (χ0n) is 8.17. The molecule has 0 fully saturated rings. The second-order valence-corrected chi connectivity index (χ2v) is 3.81. The monoisotopic (exact) mass is 275 g/mol. The van der Waals surface area contributed by atoms with Crippen LogP contribution in [0.5, 0.6) is 0 Å². The van der Waals surface area contributed by atoms with Gasteiger partial charge in [0.1, 0.15) is 10.6 Å². The minimum atomic E-state index is -0.611. The minimum absolute atomic E-state index is 0.0150. The first-order chi connectivity index (χ1) is 7.06. The van der Waals surface area contributed by atoms with Gasteiger partial charge in [0.2, 0.25) is 0 Å². The number of carbonyl (C=O) groups is 1. The topological polar surface area (TPSA) is 52.3 Å². The van der Waals surface area contributed by atoms with E-state index >= 15 is 0 Å². The summed E-state index contributed by atoms with van der Waals surface area (Å²) < 4.78 is 17.7. The van der Waals surface area contributed by atoms with Crippen molar-refractivity contribution in [3.63, 3.8) is 0 Å². The van der Waals surface area contributed by atoms with Crippen LogP contribution < -0.4 is 5.73 Å². The molecular weight excluding hydrogens is 265 g/mol. The molecule has 1 rings (SSSR count). The Kier molecular flexibility index (Phi) is 4.08. The van der Waals surface area contributed by atoms with E-state index in [4.69, 9.17) is 10.5 Å². The maximum Gasteiger partial charge on any atom is 0.324 e. The molecular formula is C10H11BrFNO2. The van der Waals surface area contributed by atoms with Gasteiger partial charge in [-0.3, -0.25) is 4.79 Å². The molecule has 0 aliphatic heterocycles. The molecule has 1 aromatic carbocycles. The van der Waals surface area contributed by atoms with Crippen LogP contribution in [0.25, 0.3) is 0 Å². The van der Waals surface area contributed by atoms with Gasteiger partial charge in [0.15, 0.2) is 0 Å². The summed E-state index contributed by atoms with van der Waals surface area (Å²) in [5, 5.41) is 0. The van der Waals surface area contributed by atoms with E-state index in [2.05, 4.69) is 15.9 Å². The molecule has 0 spiro atoms. The number of anilines is 1. The van der Waals surface area contributed by atoms with Gasteiger partial charge in [0.05, 0.1) is 12.3 Å². The first-order valence-electron chi connectivity index (χ1n) is 4.42. The van der Waals surface area contributed by atoms with Crippen molar-refractivity contribution >= 4 is 27.6 Å². The van der Waals surface area contributed by atoms with Crippen LogP contribution in [-0.4, -0.2) is 12.6 Å². The molecule has 15 heavy (non-hydrogen) atoms. The van der Waals surface area contributed by atoms with E-state index < -0.39 is 16.6 Å². The quantitative estimate of drug-likeness (QED) is 0.524. The van der Waals surface area contributed by atoms with Gasteiger partial charge in [-0.2, -0.15) is 0 Å². The van der Waals surface area contributed by atoms with Gasteiger partial charge in [-0.05, 0) is 24.6 Å². The molecule has 0 aromatic heterocycles. The van der Waals surface area contributed by atoms with Gasteiger partial charge in [0.25, 0.3) is 0 Å². The highest BCUT2D eigenvalue weighted by Crippen LogP contribution is 2.26. The number of halogens is 2. The van der Waals surface area contributed by atoms with E-state index in [-0.39, 0.29) is 5.69 Å². The zero-order valence-corrected chi connectivity index (χ0v) is 9.75. The summed E-state index contributed by atoms with van der Waals surface area (Å²) in [5.74, 6) is -0.911. The van der Waals surface area contributed by atoms with E-state index in [0.29, 0.717) is 12.2 Å². The third-order valence-electron chi connectivity index (χ3n) is 1.81. The molecule has 0 saturated carbocycles. The number of hydrogen-bond donors (Lipinski definition) is 1. The average molecular weight is 276 g/mol. The fourth-order valence-electron chi connectivity index (χ4n) is 1.07. The van der Waals surface area contributed by atoms with Gasteiger partial charge in [0, 0.05) is 0 Å². The molecule has 0 heterocycles. The summed E-state index contributed by atoms with van der Waals surface area (Å²) in [7, 11) is 0. The lowest BCUT2D eigenvalue weighted by atomic mass is 10.1. The molecule has 1 unspecified atom stereocenters. The smallest absolute Gasteiger partial charge is 0.324 e. The average Bonchev–Trinajstić information content (AvgIpc) is 2.21.